The summed E-state index contributed by atoms with van der Waals surface area (Å²) in [5.74, 6) is 1.77. The molecule has 1 atom stereocenters. The first kappa shape index (κ1) is 24.0. The fourth-order valence-corrected chi connectivity index (χ4v) is 3.38. The number of nitrogens with one attached hydrogen (secondary N) is 2. The Morgan fingerprint density at radius 2 is 2.03 bits per heavy atom. The second kappa shape index (κ2) is 11.8. The van der Waals surface area contributed by atoms with E-state index in [2.05, 4.69) is 25.4 Å². The summed E-state index contributed by atoms with van der Waals surface area (Å²) in [6.45, 7) is 6.54. The molecule has 1 aliphatic heterocycles. The number of amides is 1. The molecule has 3 rings (SSSR count). The first-order valence-electron chi connectivity index (χ1n) is 9.93. The minimum atomic E-state index is -0.0253. The lowest BCUT2D eigenvalue weighted by molar-refractivity contribution is -0.122. The first-order chi connectivity index (χ1) is 13.5. The summed E-state index contributed by atoms with van der Waals surface area (Å²) in [7, 11) is 1.79. The number of halogens is 2. The molecule has 9 heteroatoms. The van der Waals surface area contributed by atoms with E-state index in [1.54, 1.807) is 7.05 Å². The van der Waals surface area contributed by atoms with E-state index in [-0.39, 0.29) is 36.0 Å². The van der Waals surface area contributed by atoms with Gasteiger partial charge in [-0.3, -0.25) is 14.7 Å². The number of hydrogen-bond acceptors (Lipinski definition) is 4. The van der Waals surface area contributed by atoms with Gasteiger partial charge in [0.1, 0.15) is 11.9 Å². The molecule has 1 amide bonds. The van der Waals surface area contributed by atoms with E-state index in [0.717, 1.165) is 50.7 Å². The maximum Gasteiger partial charge on any atom is 0.234 e. The van der Waals surface area contributed by atoms with Gasteiger partial charge in [-0.2, -0.15) is 0 Å². The Morgan fingerprint density at radius 3 is 2.66 bits per heavy atom. The van der Waals surface area contributed by atoms with Crippen molar-refractivity contribution < 1.29 is 9.53 Å². The molecule has 2 fully saturated rings. The van der Waals surface area contributed by atoms with Crippen LogP contribution in [0.4, 0.5) is 0 Å². The summed E-state index contributed by atoms with van der Waals surface area (Å²) >= 11 is 6.00. The molecule has 162 valence electrons. The lowest BCUT2D eigenvalue weighted by Crippen LogP contribution is -2.54. The number of nitrogens with zero attached hydrogens (tertiary/aromatic N) is 3. The summed E-state index contributed by atoms with van der Waals surface area (Å²) < 4.78 is 5.90. The van der Waals surface area contributed by atoms with Gasteiger partial charge in [0.2, 0.25) is 5.91 Å². The summed E-state index contributed by atoms with van der Waals surface area (Å²) in [6.07, 6.45) is 2.23. The number of carbonyl (C=O) groups is 1. The highest BCUT2D eigenvalue weighted by Gasteiger charge is 2.26. The zero-order valence-electron chi connectivity index (χ0n) is 17.1. The van der Waals surface area contributed by atoms with Crippen LogP contribution >= 0.6 is 35.6 Å². The Morgan fingerprint density at radius 1 is 1.31 bits per heavy atom. The fourth-order valence-electron chi connectivity index (χ4n) is 3.20. The molecule has 1 saturated carbocycles. The molecular weight excluding hydrogens is 505 g/mol. The van der Waals surface area contributed by atoms with Crippen molar-refractivity contribution in [2.45, 2.75) is 31.9 Å². The minimum Gasteiger partial charge on any atom is -0.489 e. The SMILES string of the molecule is CN=C(NCC(C)Oc1cccc(Cl)c1)N1CCN(CC(=O)NC2CC2)CC1.I. The highest BCUT2D eigenvalue weighted by atomic mass is 127. The molecule has 0 bridgehead atoms. The fraction of sp³-hybridized carbons (Fsp3) is 0.600. The van der Waals surface area contributed by atoms with Crippen LogP contribution in [0.3, 0.4) is 0 Å². The van der Waals surface area contributed by atoms with Crippen LogP contribution < -0.4 is 15.4 Å². The summed E-state index contributed by atoms with van der Waals surface area (Å²) in [4.78, 5) is 20.8. The van der Waals surface area contributed by atoms with Crippen LogP contribution in [0.15, 0.2) is 29.3 Å². The van der Waals surface area contributed by atoms with E-state index in [1.807, 2.05) is 31.2 Å². The topological polar surface area (TPSA) is 69.2 Å². The van der Waals surface area contributed by atoms with Gasteiger partial charge in [-0.05, 0) is 38.0 Å². The van der Waals surface area contributed by atoms with Gasteiger partial charge in [-0.25, -0.2) is 0 Å². The molecule has 29 heavy (non-hydrogen) atoms. The summed E-state index contributed by atoms with van der Waals surface area (Å²) in [5, 5.41) is 7.10. The van der Waals surface area contributed by atoms with Gasteiger partial charge in [-0.1, -0.05) is 17.7 Å². The Kier molecular flexibility index (Phi) is 9.78. The normalized spacial score (nSPS) is 18.6. The number of guanidine groups is 1. The maximum absolute atomic E-state index is 12.0. The number of aliphatic imine (C=N–C) groups is 1. The van der Waals surface area contributed by atoms with Crippen molar-refractivity contribution in [2.75, 3.05) is 46.3 Å². The van der Waals surface area contributed by atoms with E-state index in [0.29, 0.717) is 24.2 Å². The van der Waals surface area contributed by atoms with Crippen LogP contribution in [-0.2, 0) is 4.79 Å². The van der Waals surface area contributed by atoms with E-state index in [9.17, 15) is 4.79 Å². The van der Waals surface area contributed by atoms with Crippen LogP contribution in [0.1, 0.15) is 19.8 Å². The van der Waals surface area contributed by atoms with Crippen molar-refractivity contribution >= 4 is 47.4 Å². The second-order valence-corrected chi connectivity index (χ2v) is 7.86. The smallest absolute Gasteiger partial charge is 0.234 e. The van der Waals surface area contributed by atoms with E-state index in [4.69, 9.17) is 16.3 Å². The highest BCUT2D eigenvalue weighted by molar-refractivity contribution is 14.0. The lowest BCUT2D eigenvalue weighted by Gasteiger charge is -2.36. The van der Waals surface area contributed by atoms with Crippen molar-refractivity contribution in [1.29, 1.82) is 0 Å². The molecule has 2 aliphatic rings. The van der Waals surface area contributed by atoms with Gasteiger partial charge < -0.3 is 20.3 Å². The van der Waals surface area contributed by atoms with Gasteiger partial charge in [-0.15, -0.1) is 24.0 Å². The van der Waals surface area contributed by atoms with Crippen LogP contribution in [-0.4, -0.2) is 80.1 Å². The molecule has 1 aliphatic carbocycles. The molecule has 1 unspecified atom stereocenters. The number of carbonyl (C=O) groups excluding carboxylic acids is 1. The van der Waals surface area contributed by atoms with Gasteiger partial charge in [0.05, 0.1) is 13.1 Å². The zero-order valence-corrected chi connectivity index (χ0v) is 20.2. The average Bonchev–Trinajstić information content (AvgIpc) is 3.47. The highest BCUT2D eigenvalue weighted by Crippen LogP contribution is 2.19. The third-order valence-electron chi connectivity index (χ3n) is 4.87. The Labute approximate surface area is 195 Å². The molecular formula is C20H31ClIN5O2. The molecule has 7 nitrogen and oxygen atoms in total. The molecule has 1 aromatic carbocycles. The van der Waals surface area contributed by atoms with Crippen molar-refractivity contribution in [3.05, 3.63) is 29.3 Å². The van der Waals surface area contributed by atoms with Crippen molar-refractivity contribution in [1.82, 2.24) is 20.4 Å². The second-order valence-electron chi connectivity index (χ2n) is 7.42. The Hall–Kier alpha value is -1.26. The van der Waals surface area contributed by atoms with Crippen molar-refractivity contribution in [3.8, 4) is 5.75 Å². The third kappa shape index (κ3) is 8.18. The molecule has 2 N–H and O–H groups in total. The van der Waals surface area contributed by atoms with Gasteiger partial charge in [0, 0.05) is 44.3 Å². The molecule has 0 radical (unpaired) electrons. The Bertz CT molecular complexity index is 693. The van der Waals surface area contributed by atoms with E-state index in [1.165, 1.54) is 0 Å². The first-order valence-corrected chi connectivity index (χ1v) is 10.3. The van der Waals surface area contributed by atoms with Crippen LogP contribution in [0.5, 0.6) is 5.75 Å². The summed E-state index contributed by atoms with van der Waals surface area (Å²) in [6, 6.07) is 7.84. The summed E-state index contributed by atoms with van der Waals surface area (Å²) in [5.41, 5.74) is 0. The zero-order chi connectivity index (χ0) is 19.9. The number of benzene rings is 1. The van der Waals surface area contributed by atoms with Crippen molar-refractivity contribution in [2.24, 2.45) is 4.99 Å². The van der Waals surface area contributed by atoms with Gasteiger partial charge in [0.25, 0.3) is 0 Å². The molecule has 1 heterocycles. The number of ether oxygens (including phenoxy) is 1. The predicted octanol–water partition coefficient (Wildman–Crippen LogP) is 2.20. The van der Waals surface area contributed by atoms with Gasteiger partial charge >= 0.3 is 0 Å². The monoisotopic (exact) mass is 535 g/mol. The molecule has 1 saturated heterocycles. The van der Waals surface area contributed by atoms with Crippen LogP contribution in [0.2, 0.25) is 5.02 Å². The molecule has 1 aromatic rings. The standard InChI is InChI=1S/C20H30ClN5O2.HI/c1-15(28-18-5-3-4-16(21)12-18)13-23-20(22-2)26-10-8-25(9-11-26)14-19(27)24-17-6-7-17;/h3-5,12,15,17H,6-11,13-14H2,1-2H3,(H,22,23)(H,24,27);1H. The number of hydrogen-bond donors (Lipinski definition) is 2. The average molecular weight is 536 g/mol. The van der Waals surface area contributed by atoms with E-state index >= 15 is 0 Å². The minimum absolute atomic E-state index is 0. The van der Waals surface area contributed by atoms with E-state index < -0.39 is 0 Å². The Balaban J connectivity index is 0.00000300. The third-order valence-corrected chi connectivity index (χ3v) is 5.11. The number of rotatable bonds is 7. The maximum atomic E-state index is 12.0. The van der Waals surface area contributed by atoms with Crippen LogP contribution in [0.25, 0.3) is 0 Å². The predicted molar refractivity (Wildman–Crippen MR) is 127 cm³/mol. The number of piperazine rings is 1. The lowest BCUT2D eigenvalue weighted by atomic mass is 10.3. The van der Waals surface area contributed by atoms with Crippen LogP contribution in [0, 0.1) is 0 Å². The van der Waals surface area contributed by atoms with Gasteiger partial charge in [0.15, 0.2) is 5.96 Å². The quantitative estimate of drug-likeness (QED) is 0.318. The largest absolute Gasteiger partial charge is 0.489 e. The molecule has 0 spiro atoms. The van der Waals surface area contributed by atoms with Crippen molar-refractivity contribution in [3.63, 3.8) is 0 Å². The molecule has 0 aromatic heterocycles.